The van der Waals surface area contributed by atoms with Crippen molar-refractivity contribution in [2.75, 3.05) is 7.11 Å². The summed E-state index contributed by atoms with van der Waals surface area (Å²) in [6.07, 6.45) is 1.06. The zero-order valence-corrected chi connectivity index (χ0v) is 6.15. The fourth-order valence-corrected chi connectivity index (χ4v) is 0.463. The van der Waals surface area contributed by atoms with Crippen LogP contribution in [0.25, 0.3) is 4.98 Å². The van der Waals surface area contributed by atoms with Gasteiger partial charge in [0.1, 0.15) is 0 Å². The third-order valence-corrected chi connectivity index (χ3v) is 1.02. The highest BCUT2D eigenvalue weighted by Gasteiger charge is 2.04. The van der Waals surface area contributed by atoms with Gasteiger partial charge in [-0.2, -0.15) is 0 Å². The maximum Gasteiger partial charge on any atom is 0.387 e. The number of hydrogen-bond donors (Lipinski definition) is 1. The van der Waals surface area contributed by atoms with E-state index >= 15 is 0 Å². The fourth-order valence-electron chi connectivity index (χ4n) is 0.463. The molecular formula is C6H9N2O3+. The van der Waals surface area contributed by atoms with Gasteiger partial charge in [-0.3, -0.25) is 4.79 Å². The number of allylic oxidation sites excluding steroid dienone is 1. The molecule has 0 heterocycles. The first-order valence-corrected chi connectivity index (χ1v) is 2.99. The molecule has 0 spiro atoms. The van der Waals surface area contributed by atoms with Gasteiger partial charge in [-0.15, -0.1) is 0 Å². The van der Waals surface area contributed by atoms with Gasteiger partial charge in [0.05, 0.1) is 13.5 Å². The summed E-state index contributed by atoms with van der Waals surface area (Å²) in [5.74, 6) is -0.569. The second kappa shape index (κ2) is 5.23. The maximum atomic E-state index is 10.5. The molecule has 0 saturated heterocycles. The summed E-state index contributed by atoms with van der Waals surface area (Å²) >= 11 is 0. The normalized spacial score (nSPS) is 10.4. The summed E-state index contributed by atoms with van der Waals surface area (Å²) in [6, 6.07) is 0. The lowest BCUT2D eigenvalue weighted by molar-refractivity contribution is -0.140. The fraction of sp³-hybridized carbons (Fsp3) is 0.500. The van der Waals surface area contributed by atoms with Crippen molar-refractivity contribution in [3.8, 4) is 0 Å². The third kappa shape index (κ3) is 4.90. The highest BCUT2D eigenvalue weighted by molar-refractivity contribution is 5.69. The van der Waals surface area contributed by atoms with E-state index in [1.807, 2.05) is 0 Å². The highest BCUT2D eigenvalue weighted by Crippen LogP contribution is 2.01. The molecule has 5 nitrogen and oxygen atoms in total. The summed E-state index contributed by atoms with van der Waals surface area (Å²) < 4.78 is 4.31. The zero-order chi connectivity index (χ0) is 8.69. The van der Waals surface area contributed by atoms with Gasteiger partial charge in [-0.1, -0.05) is 0 Å². The molecular weight excluding hydrogens is 148 g/mol. The quantitative estimate of drug-likeness (QED) is 0.379. The maximum absolute atomic E-state index is 10.5. The molecule has 5 heteroatoms. The second-order valence-corrected chi connectivity index (χ2v) is 1.81. The molecule has 11 heavy (non-hydrogen) atoms. The predicted octanol–water partition coefficient (Wildman–Crippen LogP) is 1.19. The smallest absolute Gasteiger partial charge is 0.387 e. The Morgan fingerprint density at radius 1 is 1.73 bits per heavy atom. The standard InChI is InChI=1S/C6H8N2O3/c1-11-6(10)3-2-5(9)4-8-7/h4H,2-3H2,1H3/p+1. The molecule has 0 aromatic rings. The SMILES string of the molecule is COC(=O)CCC(O)=C[N+]#N. The van der Waals surface area contributed by atoms with E-state index < -0.39 is 5.97 Å². The van der Waals surface area contributed by atoms with Crippen LogP contribution in [0.15, 0.2) is 12.0 Å². The third-order valence-electron chi connectivity index (χ3n) is 1.02. The van der Waals surface area contributed by atoms with E-state index in [0.717, 1.165) is 6.20 Å². The highest BCUT2D eigenvalue weighted by atomic mass is 16.5. The summed E-state index contributed by atoms with van der Waals surface area (Å²) in [5.41, 5.74) is 0. The monoisotopic (exact) mass is 157 g/mol. The van der Waals surface area contributed by atoms with Gasteiger partial charge in [0.2, 0.25) is 5.39 Å². The van der Waals surface area contributed by atoms with E-state index in [-0.39, 0.29) is 18.6 Å². The van der Waals surface area contributed by atoms with Crippen LogP contribution in [0.1, 0.15) is 12.8 Å². The summed E-state index contributed by atoms with van der Waals surface area (Å²) in [4.78, 5) is 13.0. The predicted molar refractivity (Wildman–Crippen MR) is 37.0 cm³/mol. The van der Waals surface area contributed by atoms with E-state index in [0.29, 0.717) is 0 Å². The van der Waals surface area contributed by atoms with Crippen LogP contribution in [0.3, 0.4) is 0 Å². The van der Waals surface area contributed by atoms with Crippen molar-refractivity contribution in [2.45, 2.75) is 12.8 Å². The summed E-state index contributed by atoms with van der Waals surface area (Å²) in [7, 11) is 1.26. The Morgan fingerprint density at radius 2 is 2.36 bits per heavy atom. The minimum atomic E-state index is -0.414. The lowest BCUT2D eigenvalue weighted by Gasteiger charge is -1.94. The van der Waals surface area contributed by atoms with Gasteiger partial charge < -0.3 is 9.84 Å². The van der Waals surface area contributed by atoms with Crippen LogP contribution < -0.4 is 0 Å². The zero-order valence-electron chi connectivity index (χ0n) is 6.15. The van der Waals surface area contributed by atoms with E-state index in [9.17, 15) is 4.79 Å². The van der Waals surface area contributed by atoms with E-state index in [2.05, 4.69) is 9.71 Å². The van der Waals surface area contributed by atoms with Gasteiger partial charge in [0.15, 0.2) is 10.7 Å². The first kappa shape index (κ1) is 9.43. The molecule has 0 aliphatic carbocycles. The minimum Gasteiger partial charge on any atom is -0.505 e. The second-order valence-electron chi connectivity index (χ2n) is 1.81. The van der Waals surface area contributed by atoms with Gasteiger partial charge in [-0.05, 0) is 0 Å². The Balaban J connectivity index is 3.64. The summed E-state index contributed by atoms with van der Waals surface area (Å²) in [5, 5.41) is 16.7. The molecule has 0 aromatic heterocycles. The molecule has 0 saturated carbocycles. The molecule has 0 radical (unpaired) electrons. The first-order valence-electron chi connectivity index (χ1n) is 2.99. The van der Waals surface area contributed by atoms with Crippen LogP contribution in [0, 0.1) is 5.39 Å². The Labute approximate surface area is 63.9 Å². The molecule has 0 rings (SSSR count). The van der Waals surface area contributed by atoms with Crippen molar-refractivity contribution in [1.29, 1.82) is 5.39 Å². The number of nitrogens with zero attached hydrogens (tertiary/aromatic N) is 2. The number of esters is 1. The van der Waals surface area contributed by atoms with Crippen LogP contribution in [-0.4, -0.2) is 18.2 Å². The molecule has 0 aliphatic rings. The molecule has 0 fully saturated rings. The summed E-state index contributed by atoms with van der Waals surface area (Å²) in [6.45, 7) is 0. The molecule has 1 N–H and O–H groups in total. The van der Waals surface area contributed by atoms with Crippen LogP contribution in [0.4, 0.5) is 0 Å². The van der Waals surface area contributed by atoms with Crippen molar-refractivity contribution in [3.05, 3.63) is 16.9 Å². The first-order chi connectivity index (χ1) is 5.20. The van der Waals surface area contributed by atoms with Gasteiger partial charge >= 0.3 is 12.2 Å². The van der Waals surface area contributed by atoms with Crippen LogP contribution in [-0.2, 0) is 9.53 Å². The molecule has 0 unspecified atom stereocenters. The van der Waals surface area contributed by atoms with Gasteiger partial charge in [-0.25, -0.2) is 0 Å². The van der Waals surface area contributed by atoms with Crippen molar-refractivity contribution < 1.29 is 14.6 Å². The van der Waals surface area contributed by atoms with E-state index in [1.165, 1.54) is 7.11 Å². The number of ether oxygens (including phenoxy) is 1. The molecule has 0 aromatic carbocycles. The average Bonchev–Trinajstić information content (AvgIpc) is 2.01. The molecule has 60 valence electrons. The largest absolute Gasteiger partial charge is 0.505 e. The van der Waals surface area contributed by atoms with E-state index in [1.54, 1.807) is 0 Å². The molecule has 0 amide bonds. The van der Waals surface area contributed by atoms with Crippen molar-refractivity contribution in [2.24, 2.45) is 0 Å². The molecule has 0 bridgehead atoms. The van der Waals surface area contributed by atoms with Gasteiger partial charge in [0, 0.05) is 6.42 Å². The number of rotatable bonds is 3. The average molecular weight is 157 g/mol. The Morgan fingerprint density at radius 3 is 2.82 bits per heavy atom. The van der Waals surface area contributed by atoms with Gasteiger partial charge in [0.25, 0.3) is 0 Å². The topological polar surface area (TPSA) is 74.7 Å². The number of carbonyl (C=O) groups excluding carboxylic acids is 1. The lowest BCUT2D eigenvalue weighted by Crippen LogP contribution is -1.99. The molecule has 0 aliphatic heterocycles. The van der Waals surface area contributed by atoms with Crippen molar-refractivity contribution in [3.63, 3.8) is 0 Å². The minimum absolute atomic E-state index is 0.0777. The number of aliphatic hydroxyl groups excluding tert-OH is 1. The van der Waals surface area contributed by atoms with Crippen molar-refractivity contribution in [1.82, 2.24) is 0 Å². The number of methoxy groups -OCH3 is 1. The number of diazo groups is 1. The van der Waals surface area contributed by atoms with E-state index in [4.69, 9.17) is 10.5 Å². The number of hydrogen-bond acceptors (Lipinski definition) is 4. The van der Waals surface area contributed by atoms with Crippen LogP contribution >= 0.6 is 0 Å². The Bertz CT molecular complexity index is 204. The van der Waals surface area contributed by atoms with Crippen LogP contribution in [0.2, 0.25) is 0 Å². The number of carbonyl (C=O) groups is 1. The molecule has 0 atom stereocenters. The lowest BCUT2D eigenvalue weighted by atomic mass is 10.3. The Kier molecular flexibility index (Phi) is 4.49. The number of aliphatic hydroxyl groups is 1. The Hall–Kier alpha value is -1.57. The van der Waals surface area contributed by atoms with Crippen LogP contribution in [0.5, 0.6) is 0 Å². The van der Waals surface area contributed by atoms with Crippen molar-refractivity contribution >= 4 is 5.97 Å².